The highest BCUT2D eigenvalue weighted by molar-refractivity contribution is 7.92. The van der Waals surface area contributed by atoms with Gasteiger partial charge in [0.2, 0.25) is 15.9 Å². The van der Waals surface area contributed by atoms with Gasteiger partial charge >= 0.3 is 0 Å². The number of carbonyl (C=O) groups excluding carboxylic acids is 1. The average Bonchev–Trinajstić information content (AvgIpc) is 3.14. The summed E-state index contributed by atoms with van der Waals surface area (Å²) in [6, 6.07) is 7.62. The van der Waals surface area contributed by atoms with E-state index in [0.29, 0.717) is 17.5 Å². The van der Waals surface area contributed by atoms with E-state index in [4.69, 9.17) is 0 Å². The molecule has 0 unspecified atom stereocenters. The molecule has 138 valence electrons. The zero-order valence-electron chi connectivity index (χ0n) is 15.2. The van der Waals surface area contributed by atoms with Gasteiger partial charge in [-0.15, -0.1) is 0 Å². The van der Waals surface area contributed by atoms with E-state index < -0.39 is 10.0 Å². The second-order valence-electron chi connectivity index (χ2n) is 7.86. The summed E-state index contributed by atoms with van der Waals surface area (Å²) in [7, 11) is -3.52. The molecule has 3 rings (SSSR count). The van der Waals surface area contributed by atoms with E-state index in [1.54, 1.807) is 12.1 Å². The fourth-order valence-corrected chi connectivity index (χ4v) is 5.09. The highest BCUT2D eigenvalue weighted by Crippen LogP contribution is 2.44. The van der Waals surface area contributed by atoms with Gasteiger partial charge in [0.15, 0.2) is 0 Å². The summed E-state index contributed by atoms with van der Waals surface area (Å²) in [5.74, 6) is 1.48. The maximum Gasteiger partial charge on any atom is 0.241 e. The molecule has 25 heavy (non-hydrogen) atoms. The smallest absolute Gasteiger partial charge is 0.241 e. The molecule has 1 N–H and O–H groups in total. The number of anilines is 1. The first kappa shape index (κ1) is 18.2. The van der Waals surface area contributed by atoms with Crippen molar-refractivity contribution in [3.05, 3.63) is 29.8 Å². The molecule has 2 fully saturated rings. The Hall–Kier alpha value is -1.56. The lowest BCUT2D eigenvalue weighted by Crippen LogP contribution is -2.45. The number of hydrogen-bond acceptors (Lipinski definition) is 3. The van der Waals surface area contributed by atoms with Crippen LogP contribution in [0.2, 0.25) is 0 Å². The molecule has 2 saturated carbocycles. The van der Waals surface area contributed by atoms with E-state index >= 15 is 0 Å². The molecular weight excluding hydrogens is 336 g/mol. The first-order chi connectivity index (χ1) is 11.7. The zero-order chi connectivity index (χ0) is 18.2. The van der Waals surface area contributed by atoms with Crippen LogP contribution in [0.3, 0.4) is 0 Å². The van der Waals surface area contributed by atoms with Crippen LogP contribution in [-0.2, 0) is 14.8 Å². The quantitative estimate of drug-likeness (QED) is 0.844. The number of benzene rings is 1. The molecule has 2 bridgehead atoms. The predicted molar refractivity (Wildman–Crippen MR) is 100 cm³/mol. The van der Waals surface area contributed by atoms with Gasteiger partial charge < -0.3 is 5.32 Å². The van der Waals surface area contributed by atoms with E-state index in [-0.39, 0.29) is 18.5 Å². The normalized spacial score (nSPS) is 25.4. The Morgan fingerprint density at radius 1 is 1.20 bits per heavy atom. The van der Waals surface area contributed by atoms with Gasteiger partial charge in [-0.05, 0) is 54.7 Å². The van der Waals surface area contributed by atoms with Crippen LogP contribution in [0, 0.1) is 11.8 Å². The van der Waals surface area contributed by atoms with Crippen LogP contribution in [0.15, 0.2) is 24.3 Å². The van der Waals surface area contributed by atoms with E-state index in [9.17, 15) is 13.2 Å². The highest BCUT2D eigenvalue weighted by Gasteiger charge is 2.40. The number of hydrogen-bond donors (Lipinski definition) is 1. The lowest BCUT2D eigenvalue weighted by Gasteiger charge is -2.26. The van der Waals surface area contributed by atoms with Gasteiger partial charge in [0, 0.05) is 6.04 Å². The first-order valence-corrected chi connectivity index (χ1v) is 11.0. The van der Waals surface area contributed by atoms with Crippen LogP contribution in [-0.4, -0.2) is 33.2 Å². The van der Waals surface area contributed by atoms with Crippen LogP contribution in [0.4, 0.5) is 5.69 Å². The number of fused-ring (bicyclic) bond motifs is 2. The molecule has 1 amide bonds. The van der Waals surface area contributed by atoms with Crippen molar-refractivity contribution in [1.29, 1.82) is 0 Å². The van der Waals surface area contributed by atoms with E-state index in [1.165, 1.54) is 23.6 Å². The Bertz CT molecular complexity index is 728. The van der Waals surface area contributed by atoms with Crippen molar-refractivity contribution in [1.82, 2.24) is 5.32 Å². The van der Waals surface area contributed by atoms with Crippen LogP contribution in [0.5, 0.6) is 0 Å². The lowest BCUT2D eigenvalue weighted by atomic mass is 9.95. The summed E-state index contributed by atoms with van der Waals surface area (Å²) in [4.78, 5) is 12.5. The van der Waals surface area contributed by atoms with Crippen molar-refractivity contribution in [2.45, 2.75) is 51.5 Å². The minimum Gasteiger partial charge on any atom is -0.352 e. The molecule has 1 aromatic carbocycles. The van der Waals surface area contributed by atoms with Gasteiger partial charge in [0.1, 0.15) is 6.54 Å². The maximum absolute atomic E-state index is 12.5. The van der Waals surface area contributed by atoms with Crippen molar-refractivity contribution >= 4 is 21.6 Å². The minimum atomic E-state index is -3.52. The first-order valence-electron chi connectivity index (χ1n) is 9.11. The number of sulfonamides is 1. The van der Waals surface area contributed by atoms with Gasteiger partial charge in [-0.3, -0.25) is 9.10 Å². The van der Waals surface area contributed by atoms with Crippen molar-refractivity contribution in [2.75, 3.05) is 17.1 Å². The Balaban J connectivity index is 1.69. The van der Waals surface area contributed by atoms with Crippen LogP contribution in [0.25, 0.3) is 0 Å². The maximum atomic E-state index is 12.5. The molecule has 0 spiro atoms. The molecule has 0 aliphatic heterocycles. The summed E-state index contributed by atoms with van der Waals surface area (Å²) in [5.41, 5.74) is 1.68. The number of carbonyl (C=O) groups is 1. The van der Waals surface area contributed by atoms with Gasteiger partial charge in [0.25, 0.3) is 0 Å². The molecule has 2 aliphatic carbocycles. The second kappa shape index (κ2) is 6.98. The SMILES string of the molecule is CC(C)c1ccc(N(CC(=O)N[C@H]2C[C@@H]3CC[C@H]2C3)S(C)(=O)=O)cc1. The molecule has 5 nitrogen and oxygen atoms in total. The predicted octanol–water partition coefficient (Wildman–Crippen LogP) is 2.88. The molecule has 0 heterocycles. The molecule has 2 aliphatic rings. The average molecular weight is 365 g/mol. The topological polar surface area (TPSA) is 66.5 Å². The number of rotatable bonds is 6. The molecule has 0 saturated heterocycles. The summed E-state index contributed by atoms with van der Waals surface area (Å²) in [6.45, 7) is 4.02. The fraction of sp³-hybridized carbons (Fsp3) is 0.632. The molecule has 6 heteroatoms. The summed E-state index contributed by atoms with van der Waals surface area (Å²) in [5, 5.41) is 3.07. The Morgan fingerprint density at radius 2 is 1.88 bits per heavy atom. The third-order valence-electron chi connectivity index (χ3n) is 5.62. The van der Waals surface area contributed by atoms with Crippen molar-refractivity contribution in [2.24, 2.45) is 11.8 Å². The number of nitrogens with zero attached hydrogens (tertiary/aromatic N) is 1. The molecule has 1 aromatic rings. The highest BCUT2D eigenvalue weighted by atomic mass is 32.2. The van der Waals surface area contributed by atoms with Crippen LogP contribution >= 0.6 is 0 Å². The van der Waals surface area contributed by atoms with Gasteiger partial charge in [-0.25, -0.2) is 8.42 Å². The lowest BCUT2D eigenvalue weighted by molar-refractivity contribution is -0.120. The van der Waals surface area contributed by atoms with Crippen molar-refractivity contribution in [3.8, 4) is 0 Å². The molecular formula is C19H28N2O3S. The number of nitrogens with one attached hydrogen (secondary N) is 1. The molecule has 3 atom stereocenters. The van der Waals surface area contributed by atoms with Gasteiger partial charge in [-0.2, -0.15) is 0 Å². The monoisotopic (exact) mass is 364 g/mol. The fourth-order valence-electron chi connectivity index (χ4n) is 4.23. The van der Waals surface area contributed by atoms with Gasteiger partial charge in [0.05, 0.1) is 11.9 Å². The van der Waals surface area contributed by atoms with Crippen molar-refractivity contribution in [3.63, 3.8) is 0 Å². The summed E-state index contributed by atoms with van der Waals surface area (Å²) in [6.07, 6.45) is 5.85. The van der Waals surface area contributed by atoms with Crippen LogP contribution in [0.1, 0.15) is 51.0 Å². The third kappa shape index (κ3) is 4.17. The zero-order valence-corrected chi connectivity index (χ0v) is 16.1. The second-order valence-corrected chi connectivity index (χ2v) is 9.77. The minimum absolute atomic E-state index is 0.159. The van der Waals surface area contributed by atoms with E-state index in [2.05, 4.69) is 19.2 Å². The Labute approximate surface area is 150 Å². The molecule has 0 aromatic heterocycles. The standard InChI is InChI=1S/C19H28N2O3S/c1-13(2)15-6-8-17(9-7-15)21(25(3,23)24)12-19(22)20-18-11-14-4-5-16(18)10-14/h6-9,13-14,16,18H,4-5,10-12H2,1-3H3,(H,20,22)/t14-,16+,18+/m1/s1. The van der Waals surface area contributed by atoms with Gasteiger partial charge in [-0.1, -0.05) is 32.4 Å². The summed E-state index contributed by atoms with van der Waals surface area (Å²) < 4.78 is 25.6. The van der Waals surface area contributed by atoms with E-state index in [0.717, 1.165) is 24.2 Å². The van der Waals surface area contributed by atoms with Crippen LogP contribution < -0.4 is 9.62 Å². The Kier molecular flexibility index (Phi) is 5.09. The number of amides is 1. The van der Waals surface area contributed by atoms with Crippen molar-refractivity contribution < 1.29 is 13.2 Å². The summed E-state index contributed by atoms with van der Waals surface area (Å²) >= 11 is 0. The third-order valence-corrected chi connectivity index (χ3v) is 6.76. The Morgan fingerprint density at radius 3 is 2.36 bits per heavy atom. The molecule has 0 radical (unpaired) electrons. The largest absolute Gasteiger partial charge is 0.352 e. The van der Waals surface area contributed by atoms with E-state index in [1.807, 2.05) is 12.1 Å².